The first-order valence-electron chi connectivity index (χ1n) is 6.73. The first-order chi connectivity index (χ1) is 10.6. The maximum absolute atomic E-state index is 12.1. The molecule has 2 aromatic heterocycles. The van der Waals surface area contributed by atoms with E-state index in [2.05, 4.69) is 15.2 Å². The summed E-state index contributed by atoms with van der Waals surface area (Å²) in [6.45, 7) is 3.37. The van der Waals surface area contributed by atoms with Gasteiger partial charge in [-0.15, -0.1) is 10.2 Å². The van der Waals surface area contributed by atoms with Gasteiger partial charge in [0.2, 0.25) is 5.89 Å². The predicted octanol–water partition coefficient (Wildman–Crippen LogP) is 2.48. The molecule has 112 valence electrons. The van der Waals surface area contributed by atoms with E-state index in [1.807, 2.05) is 22.9 Å². The Balaban J connectivity index is 1.70. The normalized spacial score (nSPS) is 12.1. The molecular formula is C15H14N4O3. The van der Waals surface area contributed by atoms with Gasteiger partial charge in [-0.05, 0) is 31.2 Å². The molecule has 1 atom stereocenters. The third-order valence-electron chi connectivity index (χ3n) is 3.08. The molecule has 0 saturated heterocycles. The van der Waals surface area contributed by atoms with Crippen LogP contribution in [0.25, 0.3) is 5.69 Å². The lowest BCUT2D eigenvalue weighted by Gasteiger charge is -2.10. The summed E-state index contributed by atoms with van der Waals surface area (Å²) in [5, 5.41) is 7.55. The van der Waals surface area contributed by atoms with Gasteiger partial charge in [0.05, 0.1) is 11.9 Å². The van der Waals surface area contributed by atoms with Crippen molar-refractivity contribution < 1.29 is 13.9 Å². The molecular weight excluding hydrogens is 284 g/mol. The first-order valence-corrected chi connectivity index (χ1v) is 6.73. The zero-order valence-corrected chi connectivity index (χ0v) is 12.1. The van der Waals surface area contributed by atoms with E-state index in [0.717, 1.165) is 5.69 Å². The molecule has 0 fully saturated rings. The molecule has 0 aliphatic heterocycles. The number of carbonyl (C=O) groups excluding carboxylic acids is 1. The van der Waals surface area contributed by atoms with E-state index in [1.165, 1.54) is 0 Å². The molecule has 7 heteroatoms. The predicted molar refractivity (Wildman–Crippen MR) is 76.4 cm³/mol. The molecule has 0 N–H and O–H groups in total. The second kappa shape index (κ2) is 5.80. The molecule has 2 heterocycles. The molecule has 0 saturated carbocycles. The number of nitrogens with zero attached hydrogens (tertiary/aromatic N) is 4. The van der Waals surface area contributed by atoms with Crippen LogP contribution in [0.2, 0.25) is 0 Å². The number of carbonyl (C=O) groups is 1. The molecule has 0 aliphatic rings. The molecule has 0 spiro atoms. The van der Waals surface area contributed by atoms with Crippen LogP contribution in [0.1, 0.15) is 35.2 Å². The Morgan fingerprint density at radius 1 is 1.27 bits per heavy atom. The Labute approximate surface area is 126 Å². The third-order valence-corrected chi connectivity index (χ3v) is 3.08. The van der Waals surface area contributed by atoms with Crippen molar-refractivity contribution in [2.24, 2.45) is 0 Å². The largest absolute Gasteiger partial charge is 0.449 e. The van der Waals surface area contributed by atoms with Crippen molar-refractivity contribution in [3.8, 4) is 5.69 Å². The Morgan fingerprint density at radius 3 is 2.64 bits per heavy atom. The molecule has 22 heavy (non-hydrogen) atoms. The lowest BCUT2D eigenvalue weighted by molar-refractivity contribution is 0.0277. The minimum Gasteiger partial charge on any atom is -0.449 e. The third kappa shape index (κ3) is 2.88. The van der Waals surface area contributed by atoms with Crippen LogP contribution in [0.3, 0.4) is 0 Å². The summed E-state index contributed by atoms with van der Waals surface area (Å²) in [6.07, 6.45) is 4.61. The maximum atomic E-state index is 12.1. The zero-order chi connectivity index (χ0) is 15.5. The smallest absolute Gasteiger partial charge is 0.338 e. The van der Waals surface area contributed by atoms with Gasteiger partial charge in [0.1, 0.15) is 0 Å². The van der Waals surface area contributed by atoms with E-state index >= 15 is 0 Å². The summed E-state index contributed by atoms with van der Waals surface area (Å²) in [6, 6.07) is 7.03. The van der Waals surface area contributed by atoms with Gasteiger partial charge in [-0.3, -0.25) is 0 Å². The Hall–Kier alpha value is -2.96. The highest BCUT2D eigenvalue weighted by molar-refractivity contribution is 5.89. The van der Waals surface area contributed by atoms with Gasteiger partial charge < -0.3 is 13.7 Å². The van der Waals surface area contributed by atoms with Gasteiger partial charge >= 0.3 is 5.97 Å². The van der Waals surface area contributed by atoms with E-state index in [1.54, 1.807) is 38.5 Å². The maximum Gasteiger partial charge on any atom is 0.338 e. The minimum absolute atomic E-state index is 0.279. The van der Waals surface area contributed by atoms with Crippen molar-refractivity contribution in [3.05, 3.63) is 60.3 Å². The number of rotatable bonds is 4. The summed E-state index contributed by atoms with van der Waals surface area (Å²) in [7, 11) is 0. The lowest BCUT2D eigenvalue weighted by atomic mass is 10.2. The van der Waals surface area contributed by atoms with Gasteiger partial charge in [-0.2, -0.15) is 0 Å². The van der Waals surface area contributed by atoms with Crippen molar-refractivity contribution >= 4 is 5.97 Å². The average Bonchev–Trinajstić information content (AvgIpc) is 3.18. The highest BCUT2D eigenvalue weighted by atomic mass is 16.6. The second-order valence-electron chi connectivity index (χ2n) is 4.72. The first kappa shape index (κ1) is 14.0. The highest BCUT2D eigenvalue weighted by Gasteiger charge is 2.18. The topological polar surface area (TPSA) is 83.0 Å². The number of benzene rings is 1. The summed E-state index contributed by atoms with van der Waals surface area (Å²) in [5.74, 6) is 0.268. The number of esters is 1. The lowest BCUT2D eigenvalue weighted by Crippen LogP contribution is -2.09. The van der Waals surface area contributed by atoms with Crippen molar-refractivity contribution in [1.82, 2.24) is 19.7 Å². The standard InChI is InChI=1S/C15H14N4O3/c1-10(14-18-17-11(2)22-14)21-15(20)12-3-5-13(6-4-12)19-8-7-16-9-19/h3-10H,1-2H3/t10-/m1/s1. The zero-order valence-electron chi connectivity index (χ0n) is 12.1. The van der Waals surface area contributed by atoms with Crippen LogP contribution in [-0.4, -0.2) is 25.7 Å². The molecule has 0 bridgehead atoms. The van der Waals surface area contributed by atoms with Crippen molar-refractivity contribution in [3.63, 3.8) is 0 Å². The molecule has 0 unspecified atom stereocenters. The van der Waals surface area contributed by atoms with Gasteiger partial charge in [0, 0.05) is 25.0 Å². The fraction of sp³-hybridized carbons (Fsp3) is 0.200. The van der Waals surface area contributed by atoms with E-state index in [0.29, 0.717) is 11.5 Å². The van der Waals surface area contributed by atoms with Gasteiger partial charge in [-0.25, -0.2) is 9.78 Å². The van der Waals surface area contributed by atoms with E-state index < -0.39 is 12.1 Å². The van der Waals surface area contributed by atoms with Crippen LogP contribution in [0, 0.1) is 6.92 Å². The molecule has 1 aromatic carbocycles. The fourth-order valence-corrected chi connectivity index (χ4v) is 1.94. The van der Waals surface area contributed by atoms with Crippen LogP contribution in [0.15, 0.2) is 47.4 Å². The summed E-state index contributed by atoms with van der Waals surface area (Å²) in [5.41, 5.74) is 1.36. The van der Waals surface area contributed by atoms with Crippen molar-refractivity contribution in [2.75, 3.05) is 0 Å². The van der Waals surface area contributed by atoms with Crippen LogP contribution in [0.5, 0.6) is 0 Å². The van der Waals surface area contributed by atoms with E-state index in [4.69, 9.17) is 9.15 Å². The van der Waals surface area contributed by atoms with E-state index in [9.17, 15) is 4.79 Å². The highest BCUT2D eigenvalue weighted by Crippen LogP contribution is 2.18. The number of ether oxygens (including phenoxy) is 1. The monoisotopic (exact) mass is 298 g/mol. The molecule has 7 nitrogen and oxygen atoms in total. The molecule has 3 rings (SSSR count). The Morgan fingerprint density at radius 2 is 2.05 bits per heavy atom. The molecule has 0 amide bonds. The van der Waals surface area contributed by atoms with Crippen LogP contribution in [0.4, 0.5) is 0 Å². The number of aromatic nitrogens is 4. The molecule has 3 aromatic rings. The summed E-state index contributed by atoms with van der Waals surface area (Å²) < 4.78 is 12.4. The number of hydrogen-bond acceptors (Lipinski definition) is 6. The fourth-order valence-electron chi connectivity index (χ4n) is 1.94. The molecule has 0 aliphatic carbocycles. The number of hydrogen-bond donors (Lipinski definition) is 0. The number of aryl methyl sites for hydroxylation is 1. The van der Waals surface area contributed by atoms with Gasteiger partial charge in [-0.1, -0.05) is 0 Å². The van der Waals surface area contributed by atoms with Gasteiger partial charge in [0.25, 0.3) is 5.89 Å². The van der Waals surface area contributed by atoms with Gasteiger partial charge in [0.15, 0.2) is 6.10 Å². The quantitative estimate of drug-likeness (QED) is 0.688. The van der Waals surface area contributed by atoms with Crippen LogP contribution >= 0.6 is 0 Å². The SMILES string of the molecule is Cc1nnc([C@@H](C)OC(=O)c2ccc(-n3ccnc3)cc2)o1. The van der Waals surface area contributed by atoms with Crippen LogP contribution < -0.4 is 0 Å². The molecule has 0 radical (unpaired) electrons. The van der Waals surface area contributed by atoms with Crippen LogP contribution in [-0.2, 0) is 4.74 Å². The minimum atomic E-state index is -0.595. The Bertz CT molecular complexity index is 762. The van der Waals surface area contributed by atoms with Crippen molar-refractivity contribution in [1.29, 1.82) is 0 Å². The Kier molecular flexibility index (Phi) is 3.69. The second-order valence-corrected chi connectivity index (χ2v) is 4.72. The summed E-state index contributed by atoms with van der Waals surface area (Å²) >= 11 is 0. The van der Waals surface area contributed by atoms with Crippen molar-refractivity contribution in [2.45, 2.75) is 20.0 Å². The van der Waals surface area contributed by atoms with E-state index in [-0.39, 0.29) is 5.89 Å². The number of imidazole rings is 1. The summed E-state index contributed by atoms with van der Waals surface area (Å²) in [4.78, 5) is 16.1. The average molecular weight is 298 g/mol.